The Balaban J connectivity index is 1.24. The number of hydrogen-bond acceptors (Lipinski definition) is 4. The number of anilines is 1. The van der Waals surface area contributed by atoms with E-state index in [9.17, 15) is 9.59 Å². The van der Waals surface area contributed by atoms with Gasteiger partial charge in [-0.25, -0.2) is 0 Å². The van der Waals surface area contributed by atoms with Gasteiger partial charge in [0.2, 0.25) is 11.8 Å². The van der Waals surface area contributed by atoms with E-state index in [2.05, 4.69) is 11.4 Å². The molecule has 1 atom stereocenters. The van der Waals surface area contributed by atoms with Crippen molar-refractivity contribution in [3.05, 3.63) is 24.3 Å². The maximum atomic E-state index is 13.8. The second-order valence-electron chi connectivity index (χ2n) is 10.5. The van der Waals surface area contributed by atoms with E-state index in [1.165, 1.54) is 19.3 Å². The van der Waals surface area contributed by atoms with Crippen molar-refractivity contribution in [2.75, 3.05) is 18.5 Å². The van der Waals surface area contributed by atoms with Crippen LogP contribution in [0.25, 0.3) is 0 Å². The van der Waals surface area contributed by atoms with Crippen molar-refractivity contribution < 1.29 is 14.3 Å². The second kappa shape index (κ2) is 8.77. The van der Waals surface area contributed by atoms with Gasteiger partial charge in [-0.1, -0.05) is 6.07 Å². The molecule has 1 aromatic carbocycles. The van der Waals surface area contributed by atoms with Crippen molar-refractivity contribution in [1.82, 2.24) is 4.90 Å². The van der Waals surface area contributed by atoms with Gasteiger partial charge < -0.3 is 15.0 Å². The zero-order valence-electron chi connectivity index (χ0n) is 18.7. The van der Waals surface area contributed by atoms with Crippen molar-refractivity contribution in [3.63, 3.8) is 0 Å². The Bertz CT molecular complexity index is 886. The Morgan fingerprint density at radius 3 is 2.56 bits per heavy atom. The molecular formula is C26H33N3O3. The molecule has 4 saturated carbocycles. The van der Waals surface area contributed by atoms with Crippen LogP contribution >= 0.6 is 0 Å². The summed E-state index contributed by atoms with van der Waals surface area (Å²) in [5.41, 5.74) is 0.483. The molecule has 4 bridgehead atoms. The number of amides is 2. The average molecular weight is 436 g/mol. The SMILES string of the molecule is N#CCCCOc1cccc(NC(=O)C2CCCN2C(=O)C23CC4CC(CC(C4)C2)C3)c1. The van der Waals surface area contributed by atoms with E-state index in [4.69, 9.17) is 10.00 Å². The Morgan fingerprint density at radius 2 is 1.88 bits per heavy atom. The minimum absolute atomic E-state index is 0.0952. The number of nitrogens with one attached hydrogen (secondary N) is 1. The third kappa shape index (κ3) is 4.10. The van der Waals surface area contributed by atoms with E-state index in [0.717, 1.165) is 49.9 Å². The van der Waals surface area contributed by atoms with Gasteiger partial charge in [-0.05, 0) is 87.7 Å². The first-order chi connectivity index (χ1) is 15.6. The number of nitrogens with zero attached hydrogens (tertiary/aromatic N) is 2. The third-order valence-corrected chi connectivity index (χ3v) is 8.11. The van der Waals surface area contributed by atoms with Crippen LogP contribution in [-0.2, 0) is 9.59 Å². The predicted molar refractivity (Wildman–Crippen MR) is 121 cm³/mol. The summed E-state index contributed by atoms with van der Waals surface area (Å²) >= 11 is 0. The first-order valence-electron chi connectivity index (χ1n) is 12.3. The number of hydrogen-bond donors (Lipinski definition) is 1. The number of likely N-dealkylation sites (tertiary alicyclic amines) is 1. The number of unbranched alkanes of at least 4 members (excludes halogenated alkanes) is 1. The molecule has 1 heterocycles. The fourth-order valence-electron chi connectivity index (χ4n) is 7.19. The van der Waals surface area contributed by atoms with Crippen LogP contribution in [0.15, 0.2) is 24.3 Å². The van der Waals surface area contributed by atoms with E-state index in [1.54, 1.807) is 0 Å². The average Bonchev–Trinajstić information content (AvgIpc) is 3.25. The largest absolute Gasteiger partial charge is 0.493 e. The predicted octanol–water partition coefficient (Wildman–Crippen LogP) is 4.52. The molecule has 1 N–H and O–H groups in total. The van der Waals surface area contributed by atoms with Crippen LogP contribution < -0.4 is 10.1 Å². The quantitative estimate of drug-likeness (QED) is 0.639. The molecular weight excluding hydrogens is 402 g/mol. The molecule has 6 heteroatoms. The molecule has 4 aliphatic carbocycles. The van der Waals surface area contributed by atoms with Crippen LogP contribution in [0.3, 0.4) is 0 Å². The number of ether oxygens (including phenoxy) is 1. The maximum Gasteiger partial charge on any atom is 0.247 e. The highest BCUT2D eigenvalue weighted by Gasteiger charge is 2.56. The molecule has 0 aromatic heterocycles. The van der Waals surface area contributed by atoms with Gasteiger partial charge in [0.1, 0.15) is 11.8 Å². The fraction of sp³-hybridized carbons (Fsp3) is 0.654. The summed E-state index contributed by atoms with van der Waals surface area (Å²) in [7, 11) is 0. The van der Waals surface area contributed by atoms with Gasteiger partial charge in [-0.15, -0.1) is 0 Å². The van der Waals surface area contributed by atoms with Gasteiger partial charge in [0, 0.05) is 24.7 Å². The molecule has 1 aliphatic heterocycles. The molecule has 0 radical (unpaired) electrons. The minimum atomic E-state index is -0.379. The van der Waals surface area contributed by atoms with E-state index in [1.807, 2.05) is 29.2 Å². The monoisotopic (exact) mass is 435 g/mol. The van der Waals surface area contributed by atoms with Crippen LogP contribution in [0.5, 0.6) is 5.75 Å². The summed E-state index contributed by atoms with van der Waals surface area (Å²) in [6.45, 7) is 1.17. The standard InChI is InChI=1S/C26H33N3O3/c27-8-1-2-10-32-22-6-3-5-21(14-22)28-24(30)23-7-4-9-29(23)25(31)26-15-18-11-19(16-26)13-20(12-18)17-26/h3,5-6,14,18-20,23H,1-2,4,7,9-13,15-17H2,(H,28,30). The third-order valence-electron chi connectivity index (χ3n) is 8.11. The van der Waals surface area contributed by atoms with E-state index >= 15 is 0 Å². The van der Waals surface area contributed by atoms with Gasteiger partial charge in [-0.3, -0.25) is 9.59 Å². The van der Waals surface area contributed by atoms with Gasteiger partial charge >= 0.3 is 0 Å². The Kier molecular flexibility index (Phi) is 5.84. The Morgan fingerprint density at radius 1 is 1.16 bits per heavy atom. The lowest BCUT2D eigenvalue weighted by molar-refractivity contribution is -0.160. The van der Waals surface area contributed by atoms with Crippen molar-refractivity contribution >= 4 is 17.5 Å². The summed E-state index contributed by atoms with van der Waals surface area (Å²) in [5, 5.41) is 11.7. The molecule has 1 unspecified atom stereocenters. The summed E-state index contributed by atoms with van der Waals surface area (Å²) in [4.78, 5) is 28.9. The lowest BCUT2D eigenvalue weighted by atomic mass is 9.49. The molecule has 1 aromatic rings. The minimum Gasteiger partial charge on any atom is -0.493 e. The van der Waals surface area contributed by atoms with Crippen molar-refractivity contribution in [2.24, 2.45) is 23.2 Å². The topological polar surface area (TPSA) is 82.4 Å². The second-order valence-corrected chi connectivity index (χ2v) is 10.5. The van der Waals surface area contributed by atoms with E-state index in [0.29, 0.717) is 37.4 Å². The van der Waals surface area contributed by atoms with E-state index < -0.39 is 0 Å². The molecule has 0 spiro atoms. The van der Waals surface area contributed by atoms with Crippen LogP contribution in [0, 0.1) is 34.5 Å². The number of benzene rings is 1. The van der Waals surface area contributed by atoms with Crippen molar-refractivity contribution in [3.8, 4) is 11.8 Å². The summed E-state index contributed by atoms with van der Waals surface area (Å²) in [6, 6.07) is 9.08. The van der Waals surface area contributed by atoms with Gasteiger partial charge in [0.15, 0.2) is 0 Å². The van der Waals surface area contributed by atoms with Gasteiger partial charge in [0.25, 0.3) is 0 Å². The van der Waals surface area contributed by atoms with Crippen LogP contribution in [0.1, 0.15) is 64.2 Å². The lowest BCUT2D eigenvalue weighted by Gasteiger charge is -2.56. The highest BCUT2D eigenvalue weighted by molar-refractivity contribution is 5.98. The number of nitriles is 1. The van der Waals surface area contributed by atoms with Crippen molar-refractivity contribution in [2.45, 2.75) is 70.3 Å². The van der Waals surface area contributed by atoms with Gasteiger partial charge in [-0.2, -0.15) is 5.26 Å². The van der Waals surface area contributed by atoms with Gasteiger partial charge in [0.05, 0.1) is 18.1 Å². The molecule has 1 saturated heterocycles. The van der Waals surface area contributed by atoms with Crippen LogP contribution in [0.2, 0.25) is 0 Å². The molecule has 2 amide bonds. The molecule has 6 nitrogen and oxygen atoms in total. The Hall–Kier alpha value is -2.55. The lowest BCUT2D eigenvalue weighted by Crippen LogP contribution is -2.56. The normalized spacial score (nSPS) is 32.5. The Labute approximate surface area is 190 Å². The van der Waals surface area contributed by atoms with Crippen LogP contribution in [-0.4, -0.2) is 35.9 Å². The number of carbonyl (C=O) groups is 2. The smallest absolute Gasteiger partial charge is 0.247 e. The summed E-state index contributed by atoms with van der Waals surface area (Å²) in [5.74, 6) is 2.99. The fourth-order valence-corrected chi connectivity index (χ4v) is 7.19. The van der Waals surface area contributed by atoms with Crippen LogP contribution in [0.4, 0.5) is 5.69 Å². The maximum absolute atomic E-state index is 13.8. The molecule has 5 aliphatic rings. The molecule has 32 heavy (non-hydrogen) atoms. The molecule has 5 fully saturated rings. The summed E-state index contributed by atoms with van der Waals surface area (Å²) < 4.78 is 5.69. The molecule has 6 rings (SSSR count). The number of carbonyl (C=O) groups excluding carboxylic acids is 2. The highest BCUT2D eigenvalue weighted by Crippen LogP contribution is 2.60. The summed E-state index contributed by atoms with van der Waals surface area (Å²) in [6.07, 6.45) is 9.80. The molecule has 170 valence electrons. The van der Waals surface area contributed by atoms with E-state index in [-0.39, 0.29) is 23.3 Å². The first-order valence-corrected chi connectivity index (χ1v) is 12.3. The highest BCUT2D eigenvalue weighted by atomic mass is 16.5. The zero-order valence-corrected chi connectivity index (χ0v) is 18.7. The zero-order chi connectivity index (χ0) is 22.1. The number of rotatable bonds is 7. The first kappa shape index (κ1) is 21.3. The van der Waals surface area contributed by atoms with Crippen molar-refractivity contribution in [1.29, 1.82) is 5.26 Å².